The van der Waals surface area contributed by atoms with E-state index < -0.39 is 0 Å². The van der Waals surface area contributed by atoms with Crippen molar-refractivity contribution >= 4 is 28.5 Å². The molecule has 2 fully saturated rings. The van der Waals surface area contributed by atoms with Crippen LogP contribution in [-0.4, -0.2) is 36.0 Å². The molecule has 2 bridgehead atoms. The summed E-state index contributed by atoms with van der Waals surface area (Å²) >= 11 is 2.23. The van der Waals surface area contributed by atoms with E-state index in [9.17, 15) is 4.79 Å². The van der Waals surface area contributed by atoms with E-state index >= 15 is 0 Å². The van der Waals surface area contributed by atoms with Crippen LogP contribution < -0.4 is 5.32 Å². The van der Waals surface area contributed by atoms with Crippen LogP contribution >= 0.6 is 22.6 Å². The molecule has 20 heavy (non-hydrogen) atoms. The lowest BCUT2D eigenvalue weighted by Gasteiger charge is -2.47. The molecule has 1 amide bonds. The number of piperidine rings is 2. The van der Waals surface area contributed by atoms with Gasteiger partial charge >= 0.3 is 0 Å². The van der Waals surface area contributed by atoms with Crippen molar-refractivity contribution in [1.29, 1.82) is 0 Å². The second kappa shape index (κ2) is 6.02. The lowest BCUT2D eigenvalue weighted by molar-refractivity contribution is 0.0463. The van der Waals surface area contributed by atoms with Crippen LogP contribution in [0.5, 0.6) is 0 Å². The van der Waals surface area contributed by atoms with Crippen molar-refractivity contribution in [3.63, 3.8) is 0 Å². The number of amides is 1. The Labute approximate surface area is 134 Å². The van der Waals surface area contributed by atoms with Crippen LogP contribution in [0, 0.1) is 3.57 Å². The van der Waals surface area contributed by atoms with Crippen LogP contribution in [0.3, 0.4) is 0 Å². The molecule has 3 nitrogen and oxygen atoms in total. The van der Waals surface area contributed by atoms with Crippen LogP contribution in [0.25, 0.3) is 0 Å². The summed E-state index contributed by atoms with van der Waals surface area (Å²) in [6.45, 7) is 0. The van der Waals surface area contributed by atoms with Crippen molar-refractivity contribution < 1.29 is 4.79 Å². The summed E-state index contributed by atoms with van der Waals surface area (Å²) in [4.78, 5) is 14.9. The number of rotatable bonds is 2. The Morgan fingerprint density at radius 1 is 1.25 bits per heavy atom. The monoisotopic (exact) mass is 384 g/mol. The molecule has 2 aliphatic heterocycles. The number of halogens is 1. The molecule has 1 aromatic carbocycles. The standard InChI is InChI=1S/C16H21IN2O/c1-19-12-5-4-6-13(19)10-11(9-12)18-16(20)14-7-2-3-8-15(14)17/h2-3,7-8,11-13H,4-6,9-10H2,1H3,(H,18,20). The summed E-state index contributed by atoms with van der Waals surface area (Å²) in [7, 11) is 2.24. The Kier molecular flexibility index (Phi) is 4.31. The normalized spacial score (nSPS) is 30.0. The molecule has 0 spiro atoms. The fourth-order valence-electron chi connectivity index (χ4n) is 3.64. The molecular weight excluding hydrogens is 363 g/mol. The summed E-state index contributed by atoms with van der Waals surface area (Å²) < 4.78 is 1.02. The first-order valence-electron chi connectivity index (χ1n) is 7.42. The maximum absolute atomic E-state index is 12.4. The number of hydrogen-bond donors (Lipinski definition) is 1. The summed E-state index contributed by atoms with van der Waals surface area (Å²) in [6.07, 6.45) is 6.10. The minimum Gasteiger partial charge on any atom is -0.349 e. The highest BCUT2D eigenvalue weighted by Gasteiger charge is 2.36. The maximum Gasteiger partial charge on any atom is 0.252 e. The Bertz CT molecular complexity index is 491. The van der Waals surface area contributed by atoms with E-state index in [1.807, 2.05) is 24.3 Å². The molecule has 1 N–H and O–H groups in total. The predicted octanol–water partition coefficient (Wildman–Crippen LogP) is 3.04. The second-order valence-electron chi connectivity index (χ2n) is 6.03. The molecule has 2 unspecified atom stereocenters. The first-order chi connectivity index (χ1) is 9.65. The molecule has 3 rings (SSSR count). The van der Waals surface area contributed by atoms with Gasteiger partial charge in [-0.3, -0.25) is 4.79 Å². The van der Waals surface area contributed by atoms with Crippen LogP contribution in [-0.2, 0) is 0 Å². The molecule has 2 heterocycles. The number of benzene rings is 1. The Hall–Kier alpha value is -0.620. The average Bonchev–Trinajstić information content (AvgIpc) is 2.40. The van der Waals surface area contributed by atoms with Gasteiger partial charge in [0.05, 0.1) is 5.56 Å². The summed E-state index contributed by atoms with van der Waals surface area (Å²) in [5.41, 5.74) is 0.803. The molecule has 0 aliphatic carbocycles. The van der Waals surface area contributed by atoms with Gasteiger partial charge in [0.2, 0.25) is 0 Å². The van der Waals surface area contributed by atoms with E-state index in [0.29, 0.717) is 18.1 Å². The van der Waals surface area contributed by atoms with Crippen molar-refractivity contribution in [3.8, 4) is 0 Å². The third-order valence-corrected chi connectivity index (χ3v) is 5.73. The van der Waals surface area contributed by atoms with Gasteiger partial charge in [0, 0.05) is 21.7 Å². The minimum atomic E-state index is 0.0858. The molecule has 2 aliphatic rings. The smallest absolute Gasteiger partial charge is 0.252 e. The lowest BCUT2D eigenvalue weighted by Crippen LogP contribution is -2.55. The van der Waals surface area contributed by atoms with E-state index in [2.05, 4.69) is 39.9 Å². The average molecular weight is 384 g/mol. The number of hydrogen-bond acceptors (Lipinski definition) is 2. The van der Waals surface area contributed by atoms with Gasteiger partial charge in [0.25, 0.3) is 5.91 Å². The number of nitrogens with one attached hydrogen (secondary N) is 1. The number of carbonyl (C=O) groups excluding carboxylic acids is 1. The second-order valence-corrected chi connectivity index (χ2v) is 7.19. The fraction of sp³-hybridized carbons (Fsp3) is 0.562. The SMILES string of the molecule is CN1C2CCCC1CC(NC(=O)c1ccccc1I)C2. The first-order valence-corrected chi connectivity index (χ1v) is 8.50. The molecule has 2 saturated heterocycles. The van der Waals surface area contributed by atoms with Crippen molar-refractivity contribution in [1.82, 2.24) is 10.2 Å². The molecule has 4 heteroatoms. The third kappa shape index (κ3) is 2.86. The van der Waals surface area contributed by atoms with E-state index in [1.165, 1.54) is 19.3 Å². The van der Waals surface area contributed by atoms with Crippen LogP contribution in [0.4, 0.5) is 0 Å². The van der Waals surface area contributed by atoms with Crippen molar-refractivity contribution in [2.75, 3.05) is 7.05 Å². The highest BCUT2D eigenvalue weighted by atomic mass is 127. The summed E-state index contributed by atoms with van der Waals surface area (Å²) in [6, 6.07) is 9.44. The molecule has 1 aromatic rings. The summed E-state index contributed by atoms with van der Waals surface area (Å²) in [5, 5.41) is 3.25. The molecule has 2 atom stereocenters. The van der Waals surface area contributed by atoms with Gasteiger partial charge in [-0.05, 0) is 67.5 Å². The summed E-state index contributed by atoms with van der Waals surface area (Å²) in [5.74, 6) is 0.0858. The van der Waals surface area contributed by atoms with Crippen LogP contribution in [0.15, 0.2) is 24.3 Å². The van der Waals surface area contributed by atoms with Crippen LogP contribution in [0.1, 0.15) is 42.5 Å². The zero-order valence-electron chi connectivity index (χ0n) is 11.8. The van der Waals surface area contributed by atoms with Crippen molar-refractivity contribution in [2.24, 2.45) is 0 Å². The highest BCUT2D eigenvalue weighted by molar-refractivity contribution is 14.1. The van der Waals surface area contributed by atoms with E-state index in [1.54, 1.807) is 0 Å². The van der Waals surface area contributed by atoms with Gasteiger partial charge in [0.15, 0.2) is 0 Å². The predicted molar refractivity (Wildman–Crippen MR) is 88.8 cm³/mol. The van der Waals surface area contributed by atoms with E-state index in [0.717, 1.165) is 22.0 Å². The largest absolute Gasteiger partial charge is 0.349 e. The van der Waals surface area contributed by atoms with Gasteiger partial charge < -0.3 is 10.2 Å². The Morgan fingerprint density at radius 2 is 1.90 bits per heavy atom. The fourth-order valence-corrected chi connectivity index (χ4v) is 4.27. The Morgan fingerprint density at radius 3 is 2.55 bits per heavy atom. The van der Waals surface area contributed by atoms with Gasteiger partial charge in [-0.2, -0.15) is 0 Å². The van der Waals surface area contributed by atoms with Crippen molar-refractivity contribution in [2.45, 2.75) is 50.2 Å². The third-order valence-electron chi connectivity index (χ3n) is 4.79. The first kappa shape index (κ1) is 14.3. The zero-order valence-corrected chi connectivity index (χ0v) is 14.0. The van der Waals surface area contributed by atoms with Gasteiger partial charge in [-0.25, -0.2) is 0 Å². The molecule has 0 saturated carbocycles. The van der Waals surface area contributed by atoms with Gasteiger partial charge in [-0.15, -0.1) is 0 Å². The molecule has 0 radical (unpaired) electrons. The lowest BCUT2D eigenvalue weighted by atomic mass is 9.82. The van der Waals surface area contributed by atoms with Gasteiger partial charge in [-0.1, -0.05) is 18.6 Å². The number of nitrogens with zero attached hydrogens (tertiary/aromatic N) is 1. The molecule has 0 aromatic heterocycles. The Balaban J connectivity index is 1.67. The van der Waals surface area contributed by atoms with Crippen LogP contribution in [0.2, 0.25) is 0 Å². The quantitative estimate of drug-likeness (QED) is 0.796. The van der Waals surface area contributed by atoms with Crippen molar-refractivity contribution in [3.05, 3.63) is 33.4 Å². The van der Waals surface area contributed by atoms with E-state index in [-0.39, 0.29) is 5.91 Å². The highest BCUT2D eigenvalue weighted by Crippen LogP contribution is 2.32. The maximum atomic E-state index is 12.4. The number of carbonyl (C=O) groups is 1. The minimum absolute atomic E-state index is 0.0858. The zero-order chi connectivity index (χ0) is 14.1. The number of fused-ring (bicyclic) bond motifs is 2. The topological polar surface area (TPSA) is 32.3 Å². The molecule has 108 valence electrons. The van der Waals surface area contributed by atoms with E-state index in [4.69, 9.17) is 0 Å². The molecular formula is C16H21IN2O. The van der Waals surface area contributed by atoms with Gasteiger partial charge in [0.1, 0.15) is 0 Å².